The van der Waals surface area contributed by atoms with Crippen molar-refractivity contribution in [2.45, 2.75) is 23.3 Å². The molecule has 1 aromatic rings. The summed E-state index contributed by atoms with van der Waals surface area (Å²) in [4.78, 5) is 14.7. The van der Waals surface area contributed by atoms with Gasteiger partial charge >= 0.3 is 0 Å². The molecule has 1 unspecified atom stereocenters. The number of morpholine rings is 1. The lowest BCUT2D eigenvalue weighted by Gasteiger charge is -2.43. The molecule has 1 atom stereocenters. The first-order valence-corrected chi connectivity index (χ1v) is 12.4. The van der Waals surface area contributed by atoms with Crippen LogP contribution in [0.4, 0.5) is 0 Å². The number of carbonyl (C=O) groups is 1. The maximum Gasteiger partial charge on any atom is 0.242 e. The first-order valence-electron chi connectivity index (χ1n) is 9.34. The Bertz CT molecular complexity index is 779. The summed E-state index contributed by atoms with van der Waals surface area (Å²) in [7, 11) is -3.73. The van der Waals surface area contributed by atoms with E-state index in [0.717, 1.165) is 44.2 Å². The van der Waals surface area contributed by atoms with Crippen LogP contribution in [0, 0.1) is 0 Å². The molecule has 28 heavy (non-hydrogen) atoms. The summed E-state index contributed by atoms with van der Waals surface area (Å²) in [5.41, 5.74) is -0.0266. The Kier molecular flexibility index (Phi) is 7.63. The number of rotatable bonds is 8. The molecule has 7 nitrogen and oxygen atoms in total. The van der Waals surface area contributed by atoms with Crippen LogP contribution < -0.4 is 10.0 Å². The molecule has 1 amide bonds. The Morgan fingerprint density at radius 2 is 2.04 bits per heavy atom. The average molecular weight is 448 g/mol. The monoisotopic (exact) mass is 447 g/mol. The van der Waals surface area contributed by atoms with Gasteiger partial charge in [0.1, 0.15) is 4.90 Å². The molecule has 3 rings (SSSR count). The number of carbonyl (C=O) groups excluding carboxylic acids is 1. The Hall–Kier alpha value is -0.840. The van der Waals surface area contributed by atoms with Crippen molar-refractivity contribution in [3.8, 4) is 0 Å². The molecular formula is C18H26ClN3O4S2. The minimum Gasteiger partial charge on any atom is -0.379 e. The topological polar surface area (TPSA) is 87.7 Å². The SMILES string of the molecule is O=C(CCNS(=O)(=O)c1ccccc1Cl)NCC1(N2CCOCC2)CCSC1. The van der Waals surface area contributed by atoms with Crippen molar-refractivity contribution >= 4 is 39.3 Å². The van der Waals surface area contributed by atoms with Gasteiger partial charge in [0.15, 0.2) is 0 Å². The lowest BCUT2D eigenvalue weighted by molar-refractivity contribution is -0.121. The van der Waals surface area contributed by atoms with Gasteiger partial charge in [-0.25, -0.2) is 13.1 Å². The predicted octanol–water partition coefficient (Wildman–Crippen LogP) is 1.33. The third-order valence-corrected chi connectivity index (χ3v) is 8.34. The van der Waals surface area contributed by atoms with Gasteiger partial charge < -0.3 is 10.1 Å². The van der Waals surface area contributed by atoms with E-state index in [4.69, 9.17) is 16.3 Å². The minimum atomic E-state index is -3.73. The molecule has 0 radical (unpaired) electrons. The van der Waals surface area contributed by atoms with Crippen LogP contribution in [0.1, 0.15) is 12.8 Å². The van der Waals surface area contributed by atoms with Gasteiger partial charge in [-0.3, -0.25) is 9.69 Å². The van der Waals surface area contributed by atoms with Crippen LogP contribution in [-0.2, 0) is 19.6 Å². The number of halogens is 1. The van der Waals surface area contributed by atoms with Crippen molar-refractivity contribution in [2.24, 2.45) is 0 Å². The van der Waals surface area contributed by atoms with Crippen LogP contribution in [0.3, 0.4) is 0 Å². The Morgan fingerprint density at radius 3 is 2.71 bits per heavy atom. The molecule has 2 N–H and O–H groups in total. The van der Waals surface area contributed by atoms with Gasteiger partial charge in [-0.05, 0) is 24.3 Å². The molecule has 1 aromatic carbocycles. The van der Waals surface area contributed by atoms with Crippen LogP contribution >= 0.6 is 23.4 Å². The molecule has 156 valence electrons. The zero-order valence-corrected chi connectivity index (χ0v) is 18.0. The molecular weight excluding hydrogens is 422 g/mol. The van der Waals surface area contributed by atoms with E-state index < -0.39 is 10.0 Å². The van der Waals surface area contributed by atoms with Crippen LogP contribution in [-0.4, -0.2) is 75.7 Å². The van der Waals surface area contributed by atoms with E-state index >= 15 is 0 Å². The maximum atomic E-state index is 12.3. The molecule has 0 aliphatic carbocycles. The van der Waals surface area contributed by atoms with Crippen LogP contribution in [0.2, 0.25) is 5.02 Å². The molecule has 2 aliphatic heterocycles. The van der Waals surface area contributed by atoms with E-state index in [1.807, 2.05) is 11.8 Å². The molecule has 0 aromatic heterocycles. The smallest absolute Gasteiger partial charge is 0.242 e. The highest BCUT2D eigenvalue weighted by Crippen LogP contribution is 2.33. The summed E-state index contributed by atoms with van der Waals surface area (Å²) in [6, 6.07) is 6.24. The number of ether oxygens (including phenoxy) is 1. The molecule has 2 heterocycles. The Balaban J connectivity index is 1.48. The normalized spacial score (nSPS) is 23.6. The van der Waals surface area contributed by atoms with Gasteiger partial charge in [0.25, 0.3) is 0 Å². The second-order valence-electron chi connectivity index (χ2n) is 6.98. The van der Waals surface area contributed by atoms with Gasteiger partial charge in [0.2, 0.25) is 15.9 Å². The summed E-state index contributed by atoms with van der Waals surface area (Å²) in [5, 5.41) is 3.16. The minimum absolute atomic E-state index is 0.0197. The quantitative estimate of drug-likeness (QED) is 0.625. The fourth-order valence-corrected chi connectivity index (χ4v) is 6.55. The highest BCUT2D eigenvalue weighted by Gasteiger charge is 2.40. The number of nitrogens with one attached hydrogen (secondary N) is 2. The second kappa shape index (κ2) is 9.77. The zero-order valence-electron chi connectivity index (χ0n) is 15.7. The van der Waals surface area contributed by atoms with Gasteiger partial charge in [-0.1, -0.05) is 23.7 Å². The highest BCUT2D eigenvalue weighted by atomic mass is 35.5. The summed E-state index contributed by atoms with van der Waals surface area (Å²) < 4.78 is 32.5. The summed E-state index contributed by atoms with van der Waals surface area (Å²) in [6.07, 6.45) is 1.12. The number of nitrogens with zero attached hydrogens (tertiary/aromatic N) is 1. The average Bonchev–Trinajstić information content (AvgIpc) is 3.17. The first-order chi connectivity index (χ1) is 13.4. The second-order valence-corrected chi connectivity index (χ2v) is 10.2. The number of benzene rings is 1. The molecule has 0 saturated carbocycles. The van der Waals surface area contributed by atoms with Gasteiger partial charge in [-0.2, -0.15) is 11.8 Å². The van der Waals surface area contributed by atoms with Crippen molar-refractivity contribution in [3.05, 3.63) is 29.3 Å². The number of thioether (sulfide) groups is 1. The van der Waals surface area contributed by atoms with E-state index in [-0.39, 0.29) is 34.3 Å². The number of sulfonamides is 1. The maximum absolute atomic E-state index is 12.3. The largest absolute Gasteiger partial charge is 0.379 e. The third-order valence-electron chi connectivity index (χ3n) is 5.15. The van der Waals surface area contributed by atoms with Gasteiger partial charge in [0.05, 0.1) is 18.2 Å². The lowest BCUT2D eigenvalue weighted by Crippen LogP contribution is -2.59. The fourth-order valence-electron chi connectivity index (χ4n) is 3.53. The van der Waals surface area contributed by atoms with Crippen LogP contribution in [0.25, 0.3) is 0 Å². The number of hydrogen-bond acceptors (Lipinski definition) is 6. The van der Waals surface area contributed by atoms with E-state index in [9.17, 15) is 13.2 Å². The van der Waals surface area contributed by atoms with Crippen molar-refractivity contribution in [3.63, 3.8) is 0 Å². The standard InChI is InChI=1S/C18H26ClN3O4S2/c19-15-3-1-2-4-16(15)28(24,25)21-7-5-17(23)20-13-18(6-12-27-14-18)22-8-10-26-11-9-22/h1-4,21H,5-14H2,(H,20,23). The third kappa shape index (κ3) is 5.40. The summed E-state index contributed by atoms with van der Waals surface area (Å²) in [6.45, 7) is 3.82. The molecule has 2 saturated heterocycles. The summed E-state index contributed by atoms with van der Waals surface area (Å²) >= 11 is 7.86. The number of amides is 1. The van der Waals surface area contributed by atoms with E-state index in [2.05, 4.69) is 14.9 Å². The number of hydrogen-bond donors (Lipinski definition) is 2. The first kappa shape index (κ1) is 21.9. The van der Waals surface area contributed by atoms with E-state index in [1.54, 1.807) is 12.1 Å². The van der Waals surface area contributed by atoms with Gasteiger partial charge in [0, 0.05) is 43.9 Å². The van der Waals surface area contributed by atoms with Crippen molar-refractivity contribution in [2.75, 3.05) is 50.9 Å². The van der Waals surface area contributed by atoms with E-state index in [0.29, 0.717) is 6.54 Å². The van der Waals surface area contributed by atoms with E-state index in [1.165, 1.54) is 12.1 Å². The highest BCUT2D eigenvalue weighted by molar-refractivity contribution is 7.99. The van der Waals surface area contributed by atoms with Crippen LogP contribution in [0.15, 0.2) is 29.2 Å². The lowest BCUT2D eigenvalue weighted by atomic mass is 9.95. The zero-order chi connectivity index (χ0) is 20.0. The van der Waals surface area contributed by atoms with Gasteiger partial charge in [-0.15, -0.1) is 0 Å². The molecule has 2 aliphatic rings. The fraction of sp³-hybridized carbons (Fsp3) is 0.611. The summed E-state index contributed by atoms with van der Waals surface area (Å²) in [5.74, 6) is 1.92. The Labute approximate surface area is 175 Å². The molecule has 0 spiro atoms. The van der Waals surface area contributed by atoms with Crippen molar-refractivity contribution in [1.82, 2.24) is 14.9 Å². The van der Waals surface area contributed by atoms with Crippen LogP contribution in [0.5, 0.6) is 0 Å². The Morgan fingerprint density at radius 1 is 1.29 bits per heavy atom. The van der Waals surface area contributed by atoms with Crippen molar-refractivity contribution < 1.29 is 17.9 Å². The predicted molar refractivity (Wildman–Crippen MR) is 111 cm³/mol. The molecule has 0 bridgehead atoms. The molecule has 10 heteroatoms. The molecule has 2 fully saturated rings. The van der Waals surface area contributed by atoms with Crippen molar-refractivity contribution in [1.29, 1.82) is 0 Å².